The molecule has 2 aromatic rings. The molecule has 2 unspecified atom stereocenters. The van der Waals surface area contributed by atoms with Crippen molar-refractivity contribution in [2.24, 2.45) is 5.92 Å². The van der Waals surface area contributed by atoms with Gasteiger partial charge in [0, 0.05) is 5.56 Å². The Balaban J connectivity index is 2.09. The molecule has 2 aromatic carbocycles. The maximum absolute atomic E-state index is 12.8. The lowest BCUT2D eigenvalue weighted by molar-refractivity contribution is -0.124. The molecule has 0 heterocycles. The van der Waals surface area contributed by atoms with E-state index >= 15 is 0 Å². The molecule has 0 saturated heterocycles. The van der Waals surface area contributed by atoms with Crippen molar-refractivity contribution in [1.82, 2.24) is 10.6 Å². The molecule has 0 radical (unpaired) electrons. The first-order valence-electron chi connectivity index (χ1n) is 9.10. The first-order valence-corrected chi connectivity index (χ1v) is 9.10. The summed E-state index contributed by atoms with van der Waals surface area (Å²) in [7, 11) is 0. The van der Waals surface area contributed by atoms with E-state index < -0.39 is 6.04 Å². The van der Waals surface area contributed by atoms with E-state index in [-0.39, 0.29) is 23.8 Å². The van der Waals surface area contributed by atoms with Gasteiger partial charge in [-0.2, -0.15) is 0 Å². The number of amides is 2. The Bertz CT molecular complexity index is 741. The highest BCUT2D eigenvalue weighted by molar-refractivity contribution is 5.98. The van der Waals surface area contributed by atoms with E-state index in [0.29, 0.717) is 12.0 Å². The highest BCUT2D eigenvalue weighted by Gasteiger charge is 2.24. The lowest BCUT2D eigenvalue weighted by Gasteiger charge is -2.23. The van der Waals surface area contributed by atoms with Gasteiger partial charge >= 0.3 is 0 Å². The highest BCUT2D eigenvalue weighted by atomic mass is 16.2. The zero-order chi connectivity index (χ0) is 19.1. The fourth-order valence-corrected chi connectivity index (χ4v) is 2.91. The van der Waals surface area contributed by atoms with Gasteiger partial charge in [0.25, 0.3) is 5.91 Å². The standard InChI is InChI=1S/C22H28N2O2/c1-15(2)14-20(24-21(25)19-13-9-8-10-16(19)3)22(26)23-17(4)18-11-6-5-7-12-18/h5-13,15,17,20H,14H2,1-4H3,(H,23,26)(H,24,25). The van der Waals surface area contributed by atoms with E-state index in [2.05, 4.69) is 10.6 Å². The second-order valence-electron chi connectivity index (χ2n) is 7.11. The summed E-state index contributed by atoms with van der Waals surface area (Å²) in [4.78, 5) is 25.4. The molecule has 0 bridgehead atoms. The Hall–Kier alpha value is -2.62. The third kappa shape index (κ3) is 5.45. The van der Waals surface area contributed by atoms with Gasteiger partial charge < -0.3 is 10.6 Å². The van der Waals surface area contributed by atoms with Crippen molar-refractivity contribution >= 4 is 11.8 Å². The van der Waals surface area contributed by atoms with E-state index in [4.69, 9.17) is 0 Å². The number of hydrogen-bond acceptors (Lipinski definition) is 2. The molecule has 0 fully saturated rings. The fourth-order valence-electron chi connectivity index (χ4n) is 2.91. The molecule has 0 aliphatic rings. The number of carbonyl (C=O) groups is 2. The quantitative estimate of drug-likeness (QED) is 0.791. The average Bonchev–Trinajstić information content (AvgIpc) is 2.61. The number of aryl methyl sites for hydroxylation is 1. The van der Waals surface area contributed by atoms with Crippen LogP contribution in [0.5, 0.6) is 0 Å². The minimum atomic E-state index is -0.562. The zero-order valence-electron chi connectivity index (χ0n) is 16.0. The molecule has 2 amide bonds. The topological polar surface area (TPSA) is 58.2 Å². The van der Waals surface area contributed by atoms with Crippen LogP contribution in [0.2, 0.25) is 0 Å². The fraction of sp³-hybridized carbons (Fsp3) is 0.364. The van der Waals surface area contributed by atoms with Crippen molar-refractivity contribution in [2.45, 2.75) is 46.2 Å². The van der Waals surface area contributed by atoms with Crippen molar-refractivity contribution in [2.75, 3.05) is 0 Å². The number of carbonyl (C=O) groups excluding carboxylic acids is 2. The van der Waals surface area contributed by atoms with E-state index in [1.165, 1.54) is 0 Å². The summed E-state index contributed by atoms with van der Waals surface area (Å²) in [6.45, 7) is 7.93. The monoisotopic (exact) mass is 352 g/mol. The van der Waals surface area contributed by atoms with Crippen LogP contribution >= 0.6 is 0 Å². The summed E-state index contributed by atoms with van der Waals surface area (Å²) in [5, 5.41) is 5.93. The van der Waals surface area contributed by atoms with Gasteiger partial charge in [-0.05, 0) is 43.4 Å². The van der Waals surface area contributed by atoms with Crippen molar-refractivity contribution in [1.29, 1.82) is 0 Å². The molecule has 2 rings (SSSR count). The summed E-state index contributed by atoms with van der Waals surface area (Å²) >= 11 is 0. The maximum Gasteiger partial charge on any atom is 0.252 e. The van der Waals surface area contributed by atoms with E-state index in [9.17, 15) is 9.59 Å². The molecule has 0 aromatic heterocycles. The van der Waals surface area contributed by atoms with E-state index in [1.807, 2.05) is 76.2 Å². The SMILES string of the molecule is Cc1ccccc1C(=O)NC(CC(C)C)C(=O)NC(C)c1ccccc1. The second-order valence-corrected chi connectivity index (χ2v) is 7.11. The molecule has 138 valence electrons. The van der Waals surface area contributed by atoms with Gasteiger partial charge in [-0.1, -0.05) is 62.4 Å². The Morgan fingerprint density at radius 2 is 1.50 bits per heavy atom. The van der Waals surface area contributed by atoms with Gasteiger partial charge in [0.1, 0.15) is 6.04 Å². The van der Waals surface area contributed by atoms with Crippen LogP contribution < -0.4 is 10.6 Å². The summed E-state index contributed by atoms with van der Waals surface area (Å²) in [5.74, 6) is -0.0804. The normalized spacial score (nSPS) is 13.1. The van der Waals surface area contributed by atoms with Crippen molar-refractivity contribution < 1.29 is 9.59 Å². The molecular weight excluding hydrogens is 324 g/mol. The summed E-state index contributed by atoms with van der Waals surface area (Å²) < 4.78 is 0. The van der Waals surface area contributed by atoms with Crippen LogP contribution in [0.25, 0.3) is 0 Å². The molecule has 0 saturated carbocycles. The van der Waals surface area contributed by atoms with E-state index in [0.717, 1.165) is 11.1 Å². The molecule has 0 spiro atoms. The largest absolute Gasteiger partial charge is 0.348 e. The van der Waals surface area contributed by atoms with Crippen LogP contribution in [0, 0.1) is 12.8 Å². The van der Waals surface area contributed by atoms with Crippen molar-refractivity contribution in [3.05, 3.63) is 71.3 Å². The predicted molar refractivity (Wildman–Crippen MR) is 105 cm³/mol. The van der Waals surface area contributed by atoms with Gasteiger partial charge in [-0.15, -0.1) is 0 Å². The number of hydrogen-bond donors (Lipinski definition) is 2. The van der Waals surface area contributed by atoms with Gasteiger partial charge in [-0.25, -0.2) is 0 Å². The number of rotatable bonds is 7. The van der Waals surface area contributed by atoms with Gasteiger partial charge in [0.15, 0.2) is 0 Å². The van der Waals surface area contributed by atoms with Gasteiger partial charge in [-0.3, -0.25) is 9.59 Å². The molecular formula is C22H28N2O2. The van der Waals surface area contributed by atoms with Crippen LogP contribution in [0.3, 0.4) is 0 Å². The lowest BCUT2D eigenvalue weighted by atomic mass is 10.0. The molecule has 4 heteroatoms. The third-order valence-corrected chi connectivity index (χ3v) is 4.38. The van der Waals surface area contributed by atoms with Gasteiger partial charge in [0.2, 0.25) is 5.91 Å². The smallest absolute Gasteiger partial charge is 0.252 e. The Labute approximate surface area is 156 Å². The summed E-state index contributed by atoms with van der Waals surface area (Å²) in [6.07, 6.45) is 0.588. The molecule has 0 aliphatic carbocycles. The molecule has 26 heavy (non-hydrogen) atoms. The predicted octanol–water partition coefficient (Wildman–Crippen LogP) is 4.02. The number of nitrogens with one attached hydrogen (secondary N) is 2. The summed E-state index contributed by atoms with van der Waals surface area (Å²) in [5.41, 5.74) is 2.53. The molecule has 4 nitrogen and oxygen atoms in total. The van der Waals surface area contributed by atoms with Crippen LogP contribution in [-0.4, -0.2) is 17.9 Å². The highest BCUT2D eigenvalue weighted by Crippen LogP contribution is 2.14. The lowest BCUT2D eigenvalue weighted by Crippen LogP contribution is -2.48. The van der Waals surface area contributed by atoms with Crippen LogP contribution in [0.4, 0.5) is 0 Å². The molecule has 2 atom stereocenters. The first kappa shape index (κ1) is 19.7. The van der Waals surface area contributed by atoms with Gasteiger partial charge in [0.05, 0.1) is 6.04 Å². The Morgan fingerprint density at radius 3 is 2.12 bits per heavy atom. The third-order valence-electron chi connectivity index (χ3n) is 4.38. The number of benzene rings is 2. The average molecular weight is 352 g/mol. The van der Waals surface area contributed by atoms with E-state index in [1.54, 1.807) is 6.07 Å². The first-order chi connectivity index (χ1) is 12.4. The maximum atomic E-state index is 12.8. The van der Waals surface area contributed by atoms with Crippen LogP contribution in [-0.2, 0) is 4.79 Å². The minimum Gasteiger partial charge on any atom is -0.348 e. The second kappa shape index (κ2) is 9.18. The minimum absolute atomic E-state index is 0.117. The van der Waals surface area contributed by atoms with Crippen LogP contribution in [0.15, 0.2) is 54.6 Å². The van der Waals surface area contributed by atoms with Crippen LogP contribution in [0.1, 0.15) is 54.7 Å². The molecule has 0 aliphatic heterocycles. The van der Waals surface area contributed by atoms with Crippen molar-refractivity contribution in [3.63, 3.8) is 0 Å². The summed E-state index contributed by atoms with van der Waals surface area (Å²) in [6, 6.07) is 16.5. The Morgan fingerprint density at radius 1 is 0.885 bits per heavy atom. The zero-order valence-corrected chi connectivity index (χ0v) is 16.0. The molecule has 2 N–H and O–H groups in total. The van der Waals surface area contributed by atoms with Crippen molar-refractivity contribution in [3.8, 4) is 0 Å². The Kier molecular flexibility index (Phi) is 6.96.